The summed E-state index contributed by atoms with van der Waals surface area (Å²) in [5.41, 5.74) is 0. The Morgan fingerprint density at radius 2 is 1.69 bits per heavy atom. The van der Waals surface area contributed by atoms with E-state index >= 15 is 0 Å². The number of thioether (sulfide) groups is 2. The van der Waals surface area contributed by atoms with E-state index in [1.54, 1.807) is 0 Å². The molecule has 0 aliphatic carbocycles. The molecule has 0 aromatic rings. The summed E-state index contributed by atoms with van der Waals surface area (Å²) in [4.78, 5) is 0. The zero-order chi connectivity index (χ0) is 10.2. The lowest BCUT2D eigenvalue weighted by Gasteiger charge is -2.29. The zero-order valence-electron chi connectivity index (χ0n) is 8.94. The highest BCUT2D eigenvalue weighted by Crippen LogP contribution is 2.42. The van der Waals surface area contributed by atoms with Gasteiger partial charge in [-0.1, -0.05) is 35.7 Å². The number of hydrogen-bond acceptors (Lipinski definition) is 2. The van der Waals surface area contributed by atoms with Crippen molar-refractivity contribution in [3.05, 3.63) is 0 Å². The van der Waals surface area contributed by atoms with Crippen LogP contribution < -0.4 is 0 Å². The van der Waals surface area contributed by atoms with Gasteiger partial charge in [0.15, 0.2) is 0 Å². The normalized spacial score (nSPS) is 12.0. The quantitative estimate of drug-likeness (QED) is 0.358. The molecular weight excluding hydrogens is 264 g/mol. The fourth-order valence-electron chi connectivity index (χ4n) is 1.49. The van der Waals surface area contributed by atoms with Crippen molar-refractivity contribution >= 4 is 39.5 Å². The summed E-state index contributed by atoms with van der Waals surface area (Å²) >= 11 is 7.57. The van der Waals surface area contributed by atoms with E-state index in [-0.39, 0.29) is 0 Å². The molecule has 0 saturated heterocycles. The molecule has 13 heavy (non-hydrogen) atoms. The Bertz CT molecular complexity index is 113. The molecule has 0 heterocycles. The lowest BCUT2D eigenvalue weighted by molar-refractivity contribution is 0.610. The SMILES string of the molecule is CCCC(CCCCBr)(SC)SC. The first-order valence-corrected chi connectivity index (χ1v) is 8.48. The van der Waals surface area contributed by atoms with Crippen LogP contribution in [0.15, 0.2) is 0 Å². The molecular formula is C10H21BrS2. The van der Waals surface area contributed by atoms with Crippen LogP contribution >= 0.6 is 39.5 Å². The molecule has 3 heteroatoms. The van der Waals surface area contributed by atoms with Gasteiger partial charge in [0.1, 0.15) is 0 Å². The van der Waals surface area contributed by atoms with Crippen LogP contribution in [0.2, 0.25) is 0 Å². The lowest BCUT2D eigenvalue weighted by atomic mass is 10.1. The van der Waals surface area contributed by atoms with Crippen molar-refractivity contribution in [3.8, 4) is 0 Å². The number of alkyl halides is 1. The molecule has 0 unspecified atom stereocenters. The highest BCUT2D eigenvalue weighted by molar-refractivity contribution is 9.09. The summed E-state index contributed by atoms with van der Waals surface area (Å²) in [5.74, 6) is 0. The maximum atomic E-state index is 3.49. The van der Waals surface area contributed by atoms with E-state index in [2.05, 4.69) is 35.4 Å². The molecule has 0 nitrogen and oxygen atoms in total. The smallest absolute Gasteiger partial charge is 0.0605 e. The maximum Gasteiger partial charge on any atom is 0.0605 e. The van der Waals surface area contributed by atoms with Gasteiger partial charge in [0.25, 0.3) is 0 Å². The summed E-state index contributed by atoms with van der Waals surface area (Å²) in [6, 6.07) is 0. The number of unbranched alkanes of at least 4 members (excludes halogenated alkanes) is 1. The van der Waals surface area contributed by atoms with Crippen molar-refractivity contribution in [1.82, 2.24) is 0 Å². The Morgan fingerprint density at radius 3 is 2.08 bits per heavy atom. The standard InChI is InChI=1S/C10H21BrS2/c1-4-7-10(12-2,13-3)8-5-6-9-11/h4-9H2,1-3H3. The van der Waals surface area contributed by atoms with E-state index in [1.165, 1.54) is 32.1 Å². The van der Waals surface area contributed by atoms with Gasteiger partial charge in [-0.05, 0) is 31.8 Å². The minimum absolute atomic E-state index is 0.497. The van der Waals surface area contributed by atoms with Crippen LogP contribution in [-0.2, 0) is 0 Å². The fraction of sp³-hybridized carbons (Fsp3) is 1.00. The van der Waals surface area contributed by atoms with E-state index in [4.69, 9.17) is 0 Å². The molecule has 0 amide bonds. The van der Waals surface area contributed by atoms with Gasteiger partial charge in [-0.2, -0.15) is 0 Å². The average Bonchev–Trinajstić information content (AvgIpc) is 2.17. The Balaban J connectivity index is 3.89. The Morgan fingerprint density at radius 1 is 1.08 bits per heavy atom. The third kappa shape index (κ3) is 5.58. The second kappa shape index (κ2) is 8.49. The van der Waals surface area contributed by atoms with Gasteiger partial charge >= 0.3 is 0 Å². The predicted molar refractivity (Wildman–Crippen MR) is 72.3 cm³/mol. The minimum atomic E-state index is 0.497. The first-order chi connectivity index (χ1) is 6.24. The van der Waals surface area contributed by atoms with Crippen molar-refractivity contribution in [2.24, 2.45) is 0 Å². The molecule has 0 spiro atoms. The second-order valence-electron chi connectivity index (χ2n) is 3.22. The second-order valence-corrected chi connectivity index (χ2v) is 6.65. The van der Waals surface area contributed by atoms with Crippen molar-refractivity contribution < 1.29 is 0 Å². The molecule has 80 valence electrons. The molecule has 0 saturated carbocycles. The number of halogens is 1. The molecule has 0 bridgehead atoms. The number of rotatable bonds is 8. The largest absolute Gasteiger partial charge is 0.148 e. The third-order valence-corrected chi connectivity index (χ3v) is 6.18. The molecule has 0 rings (SSSR count). The first kappa shape index (κ1) is 14.2. The summed E-state index contributed by atoms with van der Waals surface area (Å²) in [6.45, 7) is 2.28. The zero-order valence-corrected chi connectivity index (χ0v) is 12.2. The third-order valence-electron chi connectivity index (χ3n) is 2.32. The van der Waals surface area contributed by atoms with Crippen molar-refractivity contribution in [2.45, 2.75) is 43.1 Å². The molecule has 0 atom stereocenters. The van der Waals surface area contributed by atoms with Crippen molar-refractivity contribution in [3.63, 3.8) is 0 Å². The fourth-order valence-corrected chi connectivity index (χ4v) is 4.06. The van der Waals surface area contributed by atoms with E-state index in [9.17, 15) is 0 Å². The van der Waals surface area contributed by atoms with Crippen LogP contribution in [0.25, 0.3) is 0 Å². The summed E-state index contributed by atoms with van der Waals surface area (Å²) in [5, 5.41) is 1.15. The number of hydrogen-bond donors (Lipinski definition) is 0. The Hall–Kier alpha value is 1.18. The van der Waals surface area contributed by atoms with Gasteiger partial charge in [-0.3, -0.25) is 0 Å². The van der Waals surface area contributed by atoms with Gasteiger partial charge in [0.2, 0.25) is 0 Å². The molecule has 0 N–H and O–H groups in total. The van der Waals surface area contributed by atoms with E-state index in [1.807, 2.05) is 23.5 Å². The monoisotopic (exact) mass is 284 g/mol. The van der Waals surface area contributed by atoms with Crippen LogP contribution in [0.4, 0.5) is 0 Å². The Labute approximate surface area is 100 Å². The molecule has 0 fully saturated rings. The van der Waals surface area contributed by atoms with Crippen LogP contribution in [0.3, 0.4) is 0 Å². The van der Waals surface area contributed by atoms with Crippen LogP contribution in [-0.4, -0.2) is 21.9 Å². The van der Waals surface area contributed by atoms with Crippen molar-refractivity contribution in [1.29, 1.82) is 0 Å². The Kier molecular flexibility index (Phi) is 9.26. The maximum absolute atomic E-state index is 3.49. The lowest BCUT2D eigenvalue weighted by Crippen LogP contribution is -2.18. The van der Waals surface area contributed by atoms with E-state index in [0.717, 1.165) is 5.33 Å². The summed E-state index contributed by atoms with van der Waals surface area (Å²) in [6.07, 6.45) is 11.2. The molecule has 0 aromatic carbocycles. The highest BCUT2D eigenvalue weighted by atomic mass is 79.9. The highest BCUT2D eigenvalue weighted by Gasteiger charge is 2.25. The van der Waals surface area contributed by atoms with E-state index in [0.29, 0.717) is 4.08 Å². The first-order valence-electron chi connectivity index (χ1n) is 4.91. The van der Waals surface area contributed by atoms with Crippen molar-refractivity contribution in [2.75, 3.05) is 17.8 Å². The van der Waals surface area contributed by atoms with Crippen LogP contribution in [0.5, 0.6) is 0 Å². The van der Waals surface area contributed by atoms with Crippen LogP contribution in [0, 0.1) is 0 Å². The topological polar surface area (TPSA) is 0 Å². The minimum Gasteiger partial charge on any atom is -0.148 e. The molecule has 0 radical (unpaired) electrons. The molecule has 0 aliphatic heterocycles. The van der Waals surface area contributed by atoms with Gasteiger partial charge in [-0.15, -0.1) is 23.5 Å². The average molecular weight is 285 g/mol. The molecule has 0 aromatic heterocycles. The summed E-state index contributed by atoms with van der Waals surface area (Å²) < 4.78 is 0.497. The summed E-state index contributed by atoms with van der Waals surface area (Å²) in [7, 11) is 0. The van der Waals surface area contributed by atoms with E-state index < -0.39 is 0 Å². The van der Waals surface area contributed by atoms with Gasteiger partial charge in [-0.25, -0.2) is 0 Å². The molecule has 0 aliphatic rings. The predicted octanol–water partition coefficient (Wildman–Crippen LogP) is 4.77. The van der Waals surface area contributed by atoms with Gasteiger partial charge < -0.3 is 0 Å². The van der Waals surface area contributed by atoms with Crippen LogP contribution in [0.1, 0.15) is 39.0 Å². The van der Waals surface area contributed by atoms with Gasteiger partial charge in [0.05, 0.1) is 4.08 Å². The van der Waals surface area contributed by atoms with Gasteiger partial charge in [0, 0.05) is 5.33 Å².